The van der Waals surface area contributed by atoms with Crippen LogP contribution in [0.2, 0.25) is 0 Å². The highest BCUT2D eigenvalue weighted by Crippen LogP contribution is 2.29. The van der Waals surface area contributed by atoms with E-state index in [2.05, 4.69) is 25.3 Å². The van der Waals surface area contributed by atoms with Crippen molar-refractivity contribution in [2.45, 2.75) is 13.5 Å². The van der Waals surface area contributed by atoms with Crippen LogP contribution in [0.15, 0.2) is 48.9 Å². The van der Waals surface area contributed by atoms with Crippen molar-refractivity contribution in [1.82, 2.24) is 24.9 Å². The second-order valence-corrected chi connectivity index (χ2v) is 6.56. The predicted octanol–water partition coefficient (Wildman–Crippen LogP) is 3.40. The quantitative estimate of drug-likeness (QED) is 0.568. The molecule has 0 saturated carbocycles. The molecule has 0 aliphatic carbocycles. The van der Waals surface area contributed by atoms with Gasteiger partial charge in [-0.25, -0.2) is 15.0 Å². The molecule has 0 atom stereocenters. The minimum Gasteiger partial charge on any atom is -0.364 e. The van der Waals surface area contributed by atoms with Crippen molar-refractivity contribution in [3.8, 4) is 11.4 Å². The predicted molar refractivity (Wildman–Crippen MR) is 108 cm³/mol. The van der Waals surface area contributed by atoms with Crippen LogP contribution in [0.3, 0.4) is 0 Å². The zero-order chi connectivity index (χ0) is 18.8. The van der Waals surface area contributed by atoms with Gasteiger partial charge >= 0.3 is 0 Å². The molecule has 27 heavy (non-hydrogen) atoms. The van der Waals surface area contributed by atoms with Gasteiger partial charge in [0.15, 0.2) is 5.82 Å². The molecular weight excluding hydrogens is 338 g/mol. The Morgan fingerprint density at radius 3 is 2.78 bits per heavy atom. The smallest absolute Gasteiger partial charge is 0.162 e. The summed E-state index contributed by atoms with van der Waals surface area (Å²) in [5.74, 6) is 2.34. The monoisotopic (exact) mass is 359 g/mol. The number of pyridine rings is 2. The molecule has 0 amide bonds. The molecule has 4 aromatic heterocycles. The van der Waals surface area contributed by atoms with E-state index in [1.54, 1.807) is 6.20 Å². The number of rotatable bonds is 5. The molecule has 0 aromatic carbocycles. The number of aromatic amines is 1. The highest BCUT2D eigenvalue weighted by atomic mass is 15.2. The van der Waals surface area contributed by atoms with Crippen molar-refractivity contribution in [3.63, 3.8) is 0 Å². The molecule has 7 nitrogen and oxygen atoms in total. The standard InChI is InChI=1S/C20H21N7/c1-13-11-24-19(26-20(13)27(2)3)16-10-17(25-18-15(16)7-9-22-18)23-12-14-6-4-5-8-21-14/h4-11H,12H2,1-3H3,(H2,22,23,25). The topological polar surface area (TPSA) is 82.6 Å². The Labute approximate surface area is 157 Å². The van der Waals surface area contributed by atoms with Gasteiger partial charge in [0.05, 0.1) is 12.2 Å². The third kappa shape index (κ3) is 3.44. The molecule has 0 spiro atoms. The average molecular weight is 359 g/mol. The number of hydrogen-bond acceptors (Lipinski definition) is 6. The van der Waals surface area contributed by atoms with E-state index in [0.29, 0.717) is 12.4 Å². The van der Waals surface area contributed by atoms with Gasteiger partial charge in [-0.15, -0.1) is 0 Å². The summed E-state index contributed by atoms with van der Waals surface area (Å²) < 4.78 is 0. The van der Waals surface area contributed by atoms with Gasteiger partial charge in [-0.3, -0.25) is 4.98 Å². The van der Waals surface area contributed by atoms with E-state index < -0.39 is 0 Å². The molecule has 4 heterocycles. The van der Waals surface area contributed by atoms with Crippen LogP contribution >= 0.6 is 0 Å². The Kier molecular flexibility index (Phi) is 4.42. The first-order valence-electron chi connectivity index (χ1n) is 8.75. The third-order valence-corrected chi connectivity index (χ3v) is 4.31. The number of hydrogen-bond donors (Lipinski definition) is 2. The van der Waals surface area contributed by atoms with Gasteiger partial charge in [0.1, 0.15) is 17.3 Å². The SMILES string of the molecule is Cc1cnc(-c2cc(NCc3ccccn3)nc3[nH]ccc23)nc1N(C)C. The van der Waals surface area contributed by atoms with Gasteiger partial charge in [0.25, 0.3) is 0 Å². The number of H-pyrrole nitrogens is 1. The van der Waals surface area contributed by atoms with Crippen LogP contribution in [0.5, 0.6) is 0 Å². The van der Waals surface area contributed by atoms with Gasteiger partial charge in [-0.1, -0.05) is 6.07 Å². The molecule has 4 rings (SSSR count). The average Bonchev–Trinajstić information content (AvgIpc) is 3.15. The fraction of sp³-hybridized carbons (Fsp3) is 0.200. The fourth-order valence-corrected chi connectivity index (χ4v) is 3.01. The number of aromatic nitrogens is 5. The van der Waals surface area contributed by atoms with E-state index in [1.165, 1.54) is 0 Å². The second kappa shape index (κ2) is 7.03. The summed E-state index contributed by atoms with van der Waals surface area (Å²) in [7, 11) is 3.97. The summed E-state index contributed by atoms with van der Waals surface area (Å²) in [6.45, 7) is 2.61. The maximum atomic E-state index is 4.76. The van der Waals surface area contributed by atoms with Crippen LogP contribution in [-0.2, 0) is 6.54 Å². The molecule has 0 saturated heterocycles. The van der Waals surface area contributed by atoms with E-state index in [0.717, 1.165) is 39.5 Å². The van der Waals surface area contributed by atoms with Gasteiger partial charge < -0.3 is 15.2 Å². The van der Waals surface area contributed by atoms with Crippen molar-refractivity contribution in [2.24, 2.45) is 0 Å². The fourth-order valence-electron chi connectivity index (χ4n) is 3.01. The summed E-state index contributed by atoms with van der Waals surface area (Å²) in [5, 5.41) is 4.33. The molecule has 0 aliphatic rings. The Balaban J connectivity index is 1.74. The molecule has 0 radical (unpaired) electrons. The molecule has 7 heteroatoms. The van der Waals surface area contributed by atoms with Crippen LogP contribution in [0.25, 0.3) is 22.4 Å². The molecule has 2 N–H and O–H groups in total. The lowest BCUT2D eigenvalue weighted by Gasteiger charge is -2.15. The lowest BCUT2D eigenvalue weighted by Crippen LogP contribution is -2.13. The molecule has 136 valence electrons. The number of nitrogens with one attached hydrogen (secondary N) is 2. The van der Waals surface area contributed by atoms with Crippen molar-refractivity contribution in [2.75, 3.05) is 24.3 Å². The van der Waals surface area contributed by atoms with E-state index in [1.807, 2.05) is 68.6 Å². The van der Waals surface area contributed by atoms with Crippen molar-refractivity contribution < 1.29 is 0 Å². The zero-order valence-electron chi connectivity index (χ0n) is 15.6. The summed E-state index contributed by atoms with van der Waals surface area (Å²) >= 11 is 0. The lowest BCUT2D eigenvalue weighted by molar-refractivity contribution is 1.02. The van der Waals surface area contributed by atoms with E-state index in [4.69, 9.17) is 4.98 Å². The minimum atomic E-state index is 0.594. The number of aryl methyl sites for hydroxylation is 1. The minimum absolute atomic E-state index is 0.594. The highest BCUT2D eigenvalue weighted by molar-refractivity contribution is 5.93. The normalized spacial score (nSPS) is 10.9. The first-order valence-corrected chi connectivity index (χ1v) is 8.75. The van der Waals surface area contributed by atoms with Crippen LogP contribution in [0, 0.1) is 6.92 Å². The lowest BCUT2D eigenvalue weighted by atomic mass is 10.1. The summed E-state index contributed by atoms with van der Waals surface area (Å²) in [4.78, 5) is 23.5. The summed E-state index contributed by atoms with van der Waals surface area (Å²) in [5.41, 5.74) is 3.73. The highest BCUT2D eigenvalue weighted by Gasteiger charge is 2.14. The number of anilines is 2. The van der Waals surface area contributed by atoms with Gasteiger partial charge in [-0.2, -0.15) is 0 Å². The first-order chi connectivity index (χ1) is 13.1. The zero-order valence-corrected chi connectivity index (χ0v) is 15.6. The van der Waals surface area contributed by atoms with Crippen LogP contribution < -0.4 is 10.2 Å². The summed E-state index contributed by atoms with van der Waals surface area (Å²) in [6, 6.07) is 9.84. The van der Waals surface area contributed by atoms with Gasteiger partial charge in [-0.05, 0) is 31.2 Å². The van der Waals surface area contributed by atoms with Gasteiger partial charge in [0.2, 0.25) is 0 Å². The van der Waals surface area contributed by atoms with Crippen molar-refractivity contribution >= 4 is 22.7 Å². The maximum absolute atomic E-state index is 4.76. The largest absolute Gasteiger partial charge is 0.364 e. The van der Waals surface area contributed by atoms with Crippen LogP contribution in [0.4, 0.5) is 11.6 Å². The second-order valence-electron chi connectivity index (χ2n) is 6.56. The van der Waals surface area contributed by atoms with Crippen molar-refractivity contribution in [3.05, 3.63) is 60.2 Å². The molecule has 0 fully saturated rings. The Bertz CT molecular complexity index is 1070. The molecule has 0 unspecified atom stereocenters. The molecule has 0 bridgehead atoms. The summed E-state index contributed by atoms with van der Waals surface area (Å²) in [6.07, 6.45) is 5.52. The maximum Gasteiger partial charge on any atom is 0.162 e. The Hall–Kier alpha value is -3.48. The Morgan fingerprint density at radius 2 is 2.00 bits per heavy atom. The molecular formula is C20H21N7. The number of nitrogens with zero attached hydrogens (tertiary/aromatic N) is 5. The van der Waals surface area contributed by atoms with Crippen LogP contribution in [0.1, 0.15) is 11.3 Å². The Morgan fingerprint density at radius 1 is 1.11 bits per heavy atom. The molecule has 4 aromatic rings. The third-order valence-electron chi connectivity index (χ3n) is 4.31. The van der Waals surface area contributed by atoms with E-state index >= 15 is 0 Å². The van der Waals surface area contributed by atoms with E-state index in [9.17, 15) is 0 Å². The van der Waals surface area contributed by atoms with Crippen LogP contribution in [-0.4, -0.2) is 39.0 Å². The van der Waals surface area contributed by atoms with E-state index in [-0.39, 0.29) is 0 Å². The van der Waals surface area contributed by atoms with Gasteiger partial charge in [0, 0.05) is 49.2 Å². The molecule has 0 aliphatic heterocycles. The number of fused-ring (bicyclic) bond motifs is 1. The van der Waals surface area contributed by atoms with Crippen molar-refractivity contribution in [1.29, 1.82) is 0 Å². The first kappa shape index (κ1) is 17.0.